The third-order valence-electron chi connectivity index (χ3n) is 3.27. The van der Waals surface area contributed by atoms with E-state index in [0.29, 0.717) is 18.7 Å². The predicted molar refractivity (Wildman–Crippen MR) is 69.6 cm³/mol. The standard InChI is InChI=1S/C13H17N5O/c1-2-5-11(6-3-1)10-19-13-15-16-17-18(13)9-12-7-4-8-14-12/h1-3,5-6,12,14H,4,7-10H2/t12-/m0/s1. The zero-order valence-corrected chi connectivity index (χ0v) is 10.7. The Labute approximate surface area is 111 Å². The van der Waals surface area contributed by atoms with Crippen molar-refractivity contribution in [1.29, 1.82) is 0 Å². The minimum atomic E-state index is 0.447. The van der Waals surface area contributed by atoms with Crippen LogP contribution in [-0.4, -0.2) is 32.8 Å². The number of hydrogen-bond acceptors (Lipinski definition) is 5. The van der Waals surface area contributed by atoms with Crippen LogP contribution in [0.1, 0.15) is 18.4 Å². The van der Waals surface area contributed by atoms with Crippen LogP contribution >= 0.6 is 0 Å². The molecule has 1 aliphatic rings. The van der Waals surface area contributed by atoms with E-state index in [9.17, 15) is 0 Å². The molecule has 1 atom stereocenters. The van der Waals surface area contributed by atoms with E-state index in [1.807, 2.05) is 30.3 Å². The Bertz CT molecular complexity index is 507. The fourth-order valence-corrected chi connectivity index (χ4v) is 2.26. The maximum atomic E-state index is 5.67. The first-order valence-corrected chi connectivity index (χ1v) is 6.58. The first-order chi connectivity index (χ1) is 9.42. The second-order valence-corrected chi connectivity index (χ2v) is 4.71. The van der Waals surface area contributed by atoms with Gasteiger partial charge in [-0.25, -0.2) is 0 Å². The first kappa shape index (κ1) is 12.1. The molecule has 6 nitrogen and oxygen atoms in total. The van der Waals surface area contributed by atoms with Gasteiger partial charge in [0.05, 0.1) is 6.54 Å². The molecule has 3 rings (SSSR count). The summed E-state index contributed by atoms with van der Waals surface area (Å²) in [4.78, 5) is 0. The number of aromatic nitrogens is 4. The lowest BCUT2D eigenvalue weighted by molar-refractivity contribution is 0.256. The van der Waals surface area contributed by atoms with E-state index in [0.717, 1.165) is 25.1 Å². The third-order valence-corrected chi connectivity index (χ3v) is 3.27. The Morgan fingerprint density at radius 3 is 3.00 bits per heavy atom. The Morgan fingerprint density at radius 2 is 2.21 bits per heavy atom. The summed E-state index contributed by atoms with van der Waals surface area (Å²) in [5.41, 5.74) is 1.11. The topological polar surface area (TPSA) is 64.9 Å². The van der Waals surface area contributed by atoms with Gasteiger partial charge in [-0.3, -0.25) is 0 Å². The molecule has 100 valence electrons. The van der Waals surface area contributed by atoms with Gasteiger partial charge < -0.3 is 10.1 Å². The lowest BCUT2D eigenvalue weighted by atomic mass is 10.2. The van der Waals surface area contributed by atoms with Crippen LogP contribution in [0.25, 0.3) is 0 Å². The minimum Gasteiger partial charge on any atom is -0.458 e. The monoisotopic (exact) mass is 259 g/mol. The van der Waals surface area contributed by atoms with Crippen molar-refractivity contribution in [3.63, 3.8) is 0 Å². The molecule has 1 saturated heterocycles. The van der Waals surface area contributed by atoms with E-state index in [1.165, 1.54) is 6.42 Å². The maximum absolute atomic E-state index is 5.67. The molecule has 1 aliphatic heterocycles. The molecule has 0 spiro atoms. The molecule has 19 heavy (non-hydrogen) atoms. The number of hydrogen-bond donors (Lipinski definition) is 1. The Hall–Kier alpha value is -1.95. The number of rotatable bonds is 5. The molecule has 0 bridgehead atoms. The number of nitrogens with zero attached hydrogens (tertiary/aromatic N) is 4. The van der Waals surface area contributed by atoms with E-state index in [2.05, 4.69) is 20.8 Å². The van der Waals surface area contributed by atoms with Gasteiger partial charge in [-0.1, -0.05) is 35.4 Å². The minimum absolute atomic E-state index is 0.447. The molecule has 2 aromatic rings. The van der Waals surface area contributed by atoms with Gasteiger partial charge >= 0.3 is 6.01 Å². The maximum Gasteiger partial charge on any atom is 0.335 e. The van der Waals surface area contributed by atoms with Crippen molar-refractivity contribution in [2.24, 2.45) is 0 Å². The van der Waals surface area contributed by atoms with Crippen LogP contribution < -0.4 is 10.1 Å². The van der Waals surface area contributed by atoms with E-state index in [4.69, 9.17) is 4.74 Å². The molecule has 0 saturated carbocycles. The van der Waals surface area contributed by atoms with Crippen LogP contribution in [0.4, 0.5) is 0 Å². The van der Waals surface area contributed by atoms with Crippen molar-refractivity contribution < 1.29 is 4.74 Å². The molecule has 1 aromatic heterocycles. The van der Waals surface area contributed by atoms with Crippen LogP contribution in [0, 0.1) is 0 Å². The smallest absolute Gasteiger partial charge is 0.335 e. The second-order valence-electron chi connectivity index (χ2n) is 4.71. The van der Waals surface area contributed by atoms with Crippen molar-refractivity contribution in [1.82, 2.24) is 25.5 Å². The average Bonchev–Trinajstić information content (AvgIpc) is 3.10. The normalized spacial score (nSPS) is 18.6. The molecule has 1 N–H and O–H groups in total. The highest BCUT2D eigenvalue weighted by molar-refractivity contribution is 5.14. The van der Waals surface area contributed by atoms with Gasteiger partial charge in [-0.2, -0.15) is 4.68 Å². The van der Waals surface area contributed by atoms with Gasteiger partial charge in [0, 0.05) is 6.04 Å². The van der Waals surface area contributed by atoms with Crippen molar-refractivity contribution in [3.05, 3.63) is 35.9 Å². The summed E-state index contributed by atoms with van der Waals surface area (Å²) in [6.07, 6.45) is 2.38. The summed E-state index contributed by atoms with van der Waals surface area (Å²) in [5, 5.41) is 15.0. The molecule has 0 radical (unpaired) electrons. The Kier molecular flexibility index (Phi) is 3.69. The molecule has 6 heteroatoms. The molecule has 1 aromatic carbocycles. The van der Waals surface area contributed by atoms with Gasteiger partial charge in [-0.15, -0.1) is 0 Å². The van der Waals surface area contributed by atoms with Crippen LogP contribution in [0.15, 0.2) is 30.3 Å². The largest absolute Gasteiger partial charge is 0.458 e. The summed E-state index contributed by atoms with van der Waals surface area (Å²) in [5.74, 6) is 0. The molecule has 0 amide bonds. The molecule has 2 heterocycles. The number of benzene rings is 1. The van der Waals surface area contributed by atoms with Crippen molar-refractivity contribution in [2.45, 2.75) is 32.0 Å². The van der Waals surface area contributed by atoms with E-state index in [-0.39, 0.29) is 0 Å². The van der Waals surface area contributed by atoms with E-state index >= 15 is 0 Å². The highest BCUT2D eigenvalue weighted by Crippen LogP contribution is 2.12. The van der Waals surface area contributed by atoms with Gasteiger partial charge in [0.2, 0.25) is 0 Å². The zero-order valence-electron chi connectivity index (χ0n) is 10.7. The average molecular weight is 259 g/mol. The third kappa shape index (κ3) is 3.08. The zero-order chi connectivity index (χ0) is 12.9. The van der Waals surface area contributed by atoms with Gasteiger partial charge in [0.1, 0.15) is 6.61 Å². The van der Waals surface area contributed by atoms with Crippen LogP contribution in [0.5, 0.6) is 6.01 Å². The van der Waals surface area contributed by atoms with Crippen molar-refractivity contribution >= 4 is 0 Å². The van der Waals surface area contributed by atoms with Crippen molar-refractivity contribution in [2.75, 3.05) is 6.54 Å². The highest BCUT2D eigenvalue weighted by Gasteiger charge is 2.17. The summed E-state index contributed by atoms with van der Waals surface area (Å²) >= 11 is 0. The number of nitrogens with one attached hydrogen (secondary N) is 1. The van der Waals surface area contributed by atoms with Crippen LogP contribution in [0.3, 0.4) is 0 Å². The lowest BCUT2D eigenvalue weighted by Gasteiger charge is -2.11. The molecular weight excluding hydrogens is 242 g/mol. The summed E-state index contributed by atoms with van der Waals surface area (Å²) < 4.78 is 7.40. The predicted octanol–water partition coefficient (Wildman–Crippen LogP) is 1.00. The molecular formula is C13H17N5O. The Balaban J connectivity index is 1.60. The van der Waals surface area contributed by atoms with E-state index in [1.54, 1.807) is 4.68 Å². The SMILES string of the molecule is c1ccc(COc2nnnn2C[C@@H]2CCCN2)cc1. The van der Waals surface area contributed by atoms with Crippen LogP contribution in [-0.2, 0) is 13.2 Å². The first-order valence-electron chi connectivity index (χ1n) is 6.58. The summed E-state index contributed by atoms with van der Waals surface area (Å²) in [6, 6.07) is 10.9. The quantitative estimate of drug-likeness (QED) is 0.868. The van der Waals surface area contributed by atoms with Crippen LogP contribution in [0.2, 0.25) is 0 Å². The molecule has 0 aliphatic carbocycles. The van der Waals surface area contributed by atoms with E-state index < -0.39 is 0 Å². The summed E-state index contributed by atoms with van der Waals surface area (Å²) in [6.45, 7) is 2.32. The number of tetrazole rings is 1. The van der Waals surface area contributed by atoms with Gasteiger partial charge in [0.15, 0.2) is 0 Å². The van der Waals surface area contributed by atoms with Crippen molar-refractivity contribution in [3.8, 4) is 6.01 Å². The highest BCUT2D eigenvalue weighted by atomic mass is 16.5. The van der Waals surface area contributed by atoms with Gasteiger partial charge in [-0.05, 0) is 35.4 Å². The summed E-state index contributed by atoms with van der Waals surface area (Å²) in [7, 11) is 0. The number of ether oxygens (including phenoxy) is 1. The molecule has 1 fully saturated rings. The second kappa shape index (κ2) is 5.79. The fourth-order valence-electron chi connectivity index (χ4n) is 2.26. The van der Waals surface area contributed by atoms with Gasteiger partial charge in [0.25, 0.3) is 0 Å². The fraction of sp³-hybridized carbons (Fsp3) is 0.462. The Morgan fingerprint density at radius 1 is 1.32 bits per heavy atom. The molecule has 0 unspecified atom stereocenters. The lowest BCUT2D eigenvalue weighted by Crippen LogP contribution is -2.27.